The second kappa shape index (κ2) is 6.48. The molecule has 0 atom stereocenters. The third-order valence-corrected chi connectivity index (χ3v) is 4.83. The van der Waals surface area contributed by atoms with Gasteiger partial charge in [0.2, 0.25) is 0 Å². The summed E-state index contributed by atoms with van der Waals surface area (Å²) in [6, 6.07) is 6.70. The van der Waals surface area contributed by atoms with Crippen LogP contribution in [0.4, 0.5) is 0 Å². The van der Waals surface area contributed by atoms with Crippen molar-refractivity contribution in [2.75, 3.05) is 26.1 Å². The van der Waals surface area contributed by atoms with Gasteiger partial charge in [-0.15, -0.1) is 7.92 Å². The van der Waals surface area contributed by atoms with Gasteiger partial charge in [0.1, 0.15) is 0 Å². The zero-order chi connectivity index (χ0) is 12.9. The average molecular weight is 274 g/mol. The van der Waals surface area contributed by atoms with Crippen LogP contribution in [0, 0.1) is 6.92 Å². The summed E-state index contributed by atoms with van der Waals surface area (Å²) in [4.78, 5) is 0.235. The Morgan fingerprint density at radius 3 is 2.29 bits per heavy atom. The van der Waals surface area contributed by atoms with E-state index < -0.39 is 10.1 Å². The van der Waals surface area contributed by atoms with Gasteiger partial charge >= 0.3 is 0 Å². The van der Waals surface area contributed by atoms with Crippen LogP contribution in [0.25, 0.3) is 0 Å². The molecule has 0 radical (unpaired) electrons. The molecule has 0 aromatic heterocycles. The van der Waals surface area contributed by atoms with E-state index in [4.69, 9.17) is 4.18 Å². The Balaban J connectivity index is 2.54. The summed E-state index contributed by atoms with van der Waals surface area (Å²) < 4.78 is 28.5. The fraction of sp³-hybridized carbons (Fsp3) is 0.500. The molecular weight excluding hydrogens is 255 g/mol. The first-order valence-corrected chi connectivity index (χ1v) is 9.35. The van der Waals surface area contributed by atoms with Gasteiger partial charge in [-0.25, -0.2) is 0 Å². The van der Waals surface area contributed by atoms with Gasteiger partial charge in [0.25, 0.3) is 10.1 Å². The smallest absolute Gasteiger partial charge is 0.266 e. The minimum Gasteiger partial charge on any atom is -0.266 e. The minimum atomic E-state index is -3.57. The third kappa shape index (κ3) is 5.15. The Kier molecular flexibility index (Phi) is 5.57. The molecule has 0 bridgehead atoms. The lowest BCUT2D eigenvalue weighted by molar-refractivity contribution is 0.319. The molecule has 0 saturated heterocycles. The highest BCUT2D eigenvalue weighted by Crippen LogP contribution is 2.25. The minimum absolute atomic E-state index is 0.0187. The van der Waals surface area contributed by atoms with Gasteiger partial charge in [0.15, 0.2) is 0 Å². The second-order valence-corrected chi connectivity index (χ2v) is 8.47. The normalized spacial score (nSPS) is 12.0. The molecule has 96 valence electrons. The predicted molar refractivity (Wildman–Crippen MR) is 72.6 cm³/mol. The zero-order valence-corrected chi connectivity index (χ0v) is 12.2. The molecular formula is C12H19O3PS. The molecule has 5 heteroatoms. The van der Waals surface area contributed by atoms with E-state index >= 15 is 0 Å². The molecule has 1 rings (SSSR count). The highest BCUT2D eigenvalue weighted by molar-refractivity contribution is 7.86. The van der Waals surface area contributed by atoms with E-state index in [2.05, 4.69) is 13.3 Å². The van der Waals surface area contributed by atoms with E-state index in [9.17, 15) is 8.42 Å². The molecule has 3 nitrogen and oxygen atoms in total. The molecule has 0 amide bonds. The third-order valence-electron chi connectivity index (χ3n) is 2.30. The first-order valence-electron chi connectivity index (χ1n) is 5.52. The number of rotatable bonds is 6. The number of hydrogen-bond donors (Lipinski definition) is 0. The van der Waals surface area contributed by atoms with Gasteiger partial charge in [0.05, 0.1) is 11.5 Å². The number of hydrogen-bond acceptors (Lipinski definition) is 3. The maximum atomic E-state index is 11.8. The number of aryl methyl sites for hydroxylation is 1. The van der Waals surface area contributed by atoms with Crippen molar-refractivity contribution in [2.45, 2.75) is 18.2 Å². The van der Waals surface area contributed by atoms with Crippen molar-refractivity contribution >= 4 is 18.0 Å². The van der Waals surface area contributed by atoms with E-state index in [1.54, 1.807) is 24.3 Å². The van der Waals surface area contributed by atoms with Gasteiger partial charge in [-0.2, -0.15) is 8.42 Å². The molecule has 0 aliphatic rings. The molecule has 1 aromatic carbocycles. The standard InChI is InChI=1S/C12H19O3PS/c1-11-5-7-12(8-6-11)17(13,14)15-9-4-10-16(2)3/h5-8H,4,9-10H2,1-3H3. The summed E-state index contributed by atoms with van der Waals surface area (Å²) in [5, 5.41) is 0. The van der Waals surface area contributed by atoms with Crippen LogP contribution in [0.5, 0.6) is 0 Å². The topological polar surface area (TPSA) is 43.4 Å². The average Bonchev–Trinajstić information content (AvgIpc) is 2.25. The lowest BCUT2D eigenvalue weighted by atomic mass is 10.2. The van der Waals surface area contributed by atoms with E-state index in [0.717, 1.165) is 18.1 Å². The summed E-state index contributed by atoms with van der Waals surface area (Å²) >= 11 is 0. The van der Waals surface area contributed by atoms with E-state index in [1.807, 2.05) is 6.92 Å². The van der Waals surface area contributed by atoms with Crippen LogP contribution >= 0.6 is 7.92 Å². The highest BCUT2D eigenvalue weighted by Gasteiger charge is 2.14. The second-order valence-electron chi connectivity index (χ2n) is 4.25. The van der Waals surface area contributed by atoms with Gasteiger partial charge in [-0.05, 0) is 45.0 Å². The molecule has 0 saturated carbocycles. The lowest BCUT2D eigenvalue weighted by Gasteiger charge is -2.07. The summed E-state index contributed by atoms with van der Waals surface area (Å²) in [6.45, 7) is 6.53. The number of benzene rings is 1. The van der Waals surface area contributed by atoms with E-state index in [1.165, 1.54) is 0 Å². The Morgan fingerprint density at radius 2 is 1.76 bits per heavy atom. The molecule has 0 aliphatic heterocycles. The molecule has 0 unspecified atom stereocenters. The Hall–Kier alpha value is -0.440. The van der Waals surface area contributed by atoms with Crippen molar-refractivity contribution in [3.8, 4) is 0 Å². The van der Waals surface area contributed by atoms with Crippen molar-refractivity contribution < 1.29 is 12.6 Å². The van der Waals surface area contributed by atoms with Gasteiger partial charge in [-0.1, -0.05) is 17.7 Å². The molecule has 0 spiro atoms. The fourth-order valence-corrected chi connectivity index (χ4v) is 3.03. The predicted octanol–water partition coefficient (Wildman–Crippen LogP) is 2.83. The largest absolute Gasteiger partial charge is 0.296 e. The van der Waals surface area contributed by atoms with Crippen LogP contribution in [0.15, 0.2) is 29.2 Å². The monoisotopic (exact) mass is 274 g/mol. The van der Waals surface area contributed by atoms with Crippen molar-refractivity contribution in [2.24, 2.45) is 0 Å². The molecule has 0 fully saturated rings. The van der Waals surface area contributed by atoms with Crippen molar-refractivity contribution in [1.29, 1.82) is 0 Å². The molecule has 0 heterocycles. The maximum Gasteiger partial charge on any atom is 0.296 e. The van der Waals surface area contributed by atoms with Crippen LogP contribution < -0.4 is 0 Å². The van der Waals surface area contributed by atoms with E-state index in [0.29, 0.717) is 0 Å². The molecule has 0 N–H and O–H groups in total. The van der Waals surface area contributed by atoms with E-state index in [-0.39, 0.29) is 19.4 Å². The lowest BCUT2D eigenvalue weighted by Crippen LogP contribution is -2.08. The summed E-state index contributed by atoms with van der Waals surface area (Å²) in [6.07, 6.45) is 1.84. The van der Waals surface area contributed by atoms with Crippen LogP contribution in [-0.2, 0) is 14.3 Å². The molecule has 1 aromatic rings. The van der Waals surface area contributed by atoms with Crippen molar-refractivity contribution in [1.82, 2.24) is 0 Å². The molecule has 17 heavy (non-hydrogen) atoms. The molecule has 0 aliphatic carbocycles. The van der Waals surface area contributed by atoms with Gasteiger partial charge < -0.3 is 0 Å². The quantitative estimate of drug-likeness (QED) is 0.455. The highest BCUT2D eigenvalue weighted by atomic mass is 32.2. The van der Waals surface area contributed by atoms with Crippen molar-refractivity contribution in [3.05, 3.63) is 29.8 Å². The fourth-order valence-electron chi connectivity index (χ4n) is 1.32. The van der Waals surface area contributed by atoms with Crippen LogP contribution in [0.3, 0.4) is 0 Å². The SMILES string of the molecule is Cc1ccc(S(=O)(=O)OCCCP(C)C)cc1. The first kappa shape index (κ1) is 14.6. The summed E-state index contributed by atoms with van der Waals surface area (Å²) in [7, 11) is -3.55. The van der Waals surface area contributed by atoms with Crippen LogP contribution in [0.2, 0.25) is 0 Å². The van der Waals surface area contributed by atoms with Gasteiger partial charge in [-0.3, -0.25) is 4.18 Å². The van der Waals surface area contributed by atoms with Gasteiger partial charge in [0, 0.05) is 0 Å². The van der Waals surface area contributed by atoms with Crippen LogP contribution in [0.1, 0.15) is 12.0 Å². The Bertz CT molecular complexity index is 437. The Morgan fingerprint density at radius 1 is 1.18 bits per heavy atom. The maximum absolute atomic E-state index is 11.8. The zero-order valence-electron chi connectivity index (χ0n) is 10.5. The summed E-state index contributed by atoms with van der Waals surface area (Å²) in [5.74, 6) is 0. The Labute approximate surface area is 105 Å². The van der Waals surface area contributed by atoms with Crippen LogP contribution in [-0.4, -0.2) is 34.5 Å². The van der Waals surface area contributed by atoms with Crippen molar-refractivity contribution in [3.63, 3.8) is 0 Å². The first-order chi connectivity index (χ1) is 7.92. The summed E-state index contributed by atoms with van der Waals surface area (Å²) in [5.41, 5.74) is 1.03.